The number of phenolic OH excluding ortho intramolecular Hbond substituents is 3. The number of benzene rings is 2. The molecule has 1 amide bonds. The average molecular weight is 677 g/mol. The molecule has 2 aromatic carbocycles. The van der Waals surface area contributed by atoms with Crippen LogP contribution in [0.1, 0.15) is 64.7 Å². The first-order valence-corrected chi connectivity index (χ1v) is 15.1. The SMILES string of the molecule is COC1=CC(=O)c2c(O)c3c(c(O)c2C1=O)C(=O)[C@]1(CCc2c1c(O)c1c(=O)[nH]c(/C=N/NC(=O)CN4CCOCC4)cc1c2Cl)C3=O. The summed E-state index contributed by atoms with van der Waals surface area (Å²) in [5.74, 6) is -7.55. The van der Waals surface area contributed by atoms with Crippen molar-refractivity contribution in [2.24, 2.45) is 5.10 Å². The number of halogens is 1. The van der Waals surface area contributed by atoms with Crippen molar-refractivity contribution in [2.45, 2.75) is 18.3 Å². The molecule has 7 rings (SSSR count). The predicted octanol–water partition coefficient (Wildman–Crippen LogP) is 1.25. The molecule has 0 unspecified atom stereocenters. The number of morpholine rings is 1. The van der Waals surface area contributed by atoms with Crippen LogP contribution in [0.4, 0.5) is 0 Å². The smallest absolute Gasteiger partial charge is 0.260 e. The van der Waals surface area contributed by atoms with Crippen LogP contribution in [0.2, 0.25) is 5.02 Å². The van der Waals surface area contributed by atoms with Gasteiger partial charge in [-0.2, -0.15) is 5.10 Å². The number of H-pyrrole nitrogens is 1. The van der Waals surface area contributed by atoms with E-state index in [2.05, 4.69) is 15.5 Å². The monoisotopic (exact) mass is 676 g/mol. The summed E-state index contributed by atoms with van der Waals surface area (Å²) in [7, 11) is 1.12. The average Bonchev–Trinajstić information content (AvgIpc) is 3.57. The van der Waals surface area contributed by atoms with E-state index >= 15 is 0 Å². The number of allylic oxidation sites excluding steroid dienone is 2. The number of ether oxygens (including phenoxy) is 2. The highest BCUT2D eigenvalue weighted by molar-refractivity contribution is 6.41. The fourth-order valence-electron chi connectivity index (χ4n) is 7.04. The van der Waals surface area contributed by atoms with Crippen molar-refractivity contribution in [1.29, 1.82) is 0 Å². The number of fused-ring (bicyclic) bond motifs is 5. The Hall–Kier alpha value is -5.38. The number of methoxy groups -OCH3 is 1. The van der Waals surface area contributed by atoms with E-state index in [0.717, 1.165) is 13.2 Å². The maximum Gasteiger partial charge on any atom is 0.260 e. The van der Waals surface area contributed by atoms with Crippen molar-refractivity contribution >= 4 is 57.6 Å². The highest BCUT2D eigenvalue weighted by Gasteiger charge is 2.62. The van der Waals surface area contributed by atoms with Crippen LogP contribution < -0.4 is 11.0 Å². The first-order valence-electron chi connectivity index (χ1n) is 14.7. The zero-order chi connectivity index (χ0) is 34.2. The molecule has 0 bridgehead atoms. The second-order valence-electron chi connectivity index (χ2n) is 11.7. The number of phenols is 3. The van der Waals surface area contributed by atoms with Gasteiger partial charge in [-0.15, -0.1) is 0 Å². The van der Waals surface area contributed by atoms with Gasteiger partial charge in [-0.1, -0.05) is 11.6 Å². The number of hydrogen-bond acceptors (Lipinski definition) is 13. The summed E-state index contributed by atoms with van der Waals surface area (Å²) in [6.07, 6.45) is 1.67. The number of hydrogen-bond donors (Lipinski definition) is 5. The summed E-state index contributed by atoms with van der Waals surface area (Å²) in [6, 6.07) is 1.40. The van der Waals surface area contributed by atoms with Gasteiger partial charge in [0.2, 0.25) is 5.78 Å². The number of pyridine rings is 1. The lowest BCUT2D eigenvalue weighted by atomic mass is 9.76. The van der Waals surface area contributed by atoms with Gasteiger partial charge in [-0.05, 0) is 24.5 Å². The third kappa shape index (κ3) is 4.24. The van der Waals surface area contributed by atoms with Crippen molar-refractivity contribution in [3.05, 3.63) is 72.4 Å². The van der Waals surface area contributed by atoms with Gasteiger partial charge in [-0.3, -0.25) is 33.7 Å². The quantitative estimate of drug-likeness (QED) is 0.111. The molecule has 3 aromatic rings. The molecular formula is C32H25ClN4O11. The first kappa shape index (κ1) is 31.2. The van der Waals surface area contributed by atoms with Gasteiger partial charge < -0.3 is 29.8 Å². The lowest BCUT2D eigenvalue weighted by Gasteiger charge is -2.25. The number of aromatic hydroxyl groups is 3. The maximum absolute atomic E-state index is 14.2. The summed E-state index contributed by atoms with van der Waals surface area (Å²) < 4.78 is 10.2. The lowest BCUT2D eigenvalue weighted by Crippen LogP contribution is -2.42. The third-order valence-corrected chi connectivity index (χ3v) is 9.66. The van der Waals surface area contributed by atoms with E-state index in [-0.39, 0.29) is 57.9 Å². The number of hydrazone groups is 1. The Morgan fingerprint density at radius 1 is 1.06 bits per heavy atom. The molecule has 3 aliphatic carbocycles. The van der Waals surface area contributed by atoms with Crippen LogP contribution in [0.5, 0.6) is 17.2 Å². The van der Waals surface area contributed by atoms with Crippen LogP contribution in [0.15, 0.2) is 27.8 Å². The molecule has 1 aliphatic heterocycles. The zero-order valence-electron chi connectivity index (χ0n) is 25.1. The summed E-state index contributed by atoms with van der Waals surface area (Å²) in [4.78, 5) is 84.3. The van der Waals surface area contributed by atoms with E-state index in [1.54, 1.807) is 0 Å². The number of ketones is 4. The fraction of sp³-hybridized carbons (Fsp3) is 0.281. The van der Waals surface area contributed by atoms with Gasteiger partial charge >= 0.3 is 0 Å². The van der Waals surface area contributed by atoms with Crippen LogP contribution in [0.25, 0.3) is 10.8 Å². The molecule has 1 saturated heterocycles. The van der Waals surface area contributed by atoms with E-state index in [1.165, 1.54) is 12.3 Å². The Balaban J connectivity index is 1.29. The highest BCUT2D eigenvalue weighted by atomic mass is 35.5. The second kappa shape index (κ2) is 11.1. The van der Waals surface area contributed by atoms with Crippen molar-refractivity contribution in [3.8, 4) is 17.2 Å². The lowest BCUT2D eigenvalue weighted by molar-refractivity contribution is -0.123. The van der Waals surface area contributed by atoms with Crippen LogP contribution in [-0.2, 0) is 26.1 Å². The molecule has 48 heavy (non-hydrogen) atoms. The molecule has 15 nitrogen and oxygen atoms in total. The van der Waals surface area contributed by atoms with Gasteiger partial charge in [0, 0.05) is 30.1 Å². The van der Waals surface area contributed by atoms with Crippen LogP contribution in [0.3, 0.4) is 0 Å². The number of Topliss-reactive ketones (excluding diaryl/α,β-unsaturated/α-hetero) is 3. The number of rotatable bonds is 5. The van der Waals surface area contributed by atoms with Gasteiger partial charge in [0.1, 0.15) is 22.7 Å². The Labute approximate surface area is 274 Å². The molecule has 1 aromatic heterocycles. The number of nitrogens with one attached hydrogen (secondary N) is 2. The van der Waals surface area contributed by atoms with E-state index in [0.29, 0.717) is 26.3 Å². The largest absolute Gasteiger partial charge is 0.507 e. The van der Waals surface area contributed by atoms with Gasteiger partial charge in [-0.25, -0.2) is 5.43 Å². The van der Waals surface area contributed by atoms with E-state index in [1.807, 2.05) is 4.90 Å². The van der Waals surface area contributed by atoms with Gasteiger partial charge in [0.05, 0.1) is 71.4 Å². The van der Waals surface area contributed by atoms with Crippen molar-refractivity contribution in [3.63, 3.8) is 0 Å². The summed E-state index contributed by atoms with van der Waals surface area (Å²) >= 11 is 6.78. The third-order valence-electron chi connectivity index (χ3n) is 9.23. The Morgan fingerprint density at radius 2 is 1.73 bits per heavy atom. The predicted molar refractivity (Wildman–Crippen MR) is 166 cm³/mol. The highest BCUT2D eigenvalue weighted by Crippen LogP contribution is 2.58. The van der Waals surface area contributed by atoms with Gasteiger partial charge in [0.25, 0.3) is 11.5 Å². The molecule has 0 saturated carbocycles. The molecule has 1 fully saturated rings. The van der Waals surface area contributed by atoms with Crippen LogP contribution in [-0.4, -0.2) is 100 Å². The van der Waals surface area contributed by atoms with Crippen molar-refractivity contribution < 1.29 is 48.8 Å². The zero-order valence-corrected chi connectivity index (χ0v) is 25.8. The molecular weight excluding hydrogens is 652 g/mol. The number of nitrogens with zero attached hydrogens (tertiary/aromatic N) is 2. The molecule has 4 aliphatic rings. The Bertz CT molecular complexity index is 2180. The van der Waals surface area contributed by atoms with Crippen molar-refractivity contribution in [2.75, 3.05) is 40.0 Å². The number of aromatic amines is 1. The normalized spacial score (nSPS) is 20.4. The molecule has 1 spiro atoms. The molecule has 0 radical (unpaired) electrons. The Morgan fingerprint density at radius 3 is 2.40 bits per heavy atom. The Kier molecular flexibility index (Phi) is 7.23. The minimum absolute atomic E-state index is 0.0363. The number of aromatic nitrogens is 1. The van der Waals surface area contributed by atoms with E-state index < -0.39 is 79.4 Å². The summed E-state index contributed by atoms with van der Waals surface area (Å²) in [5, 5.41) is 37.5. The first-order chi connectivity index (χ1) is 22.9. The van der Waals surface area contributed by atoms with Crippen molar-refractivity contribution in [1.82, 2.24) is 15.3 Å². The van der Waals surface area contributed by atoms with Gasteiger partial charge in [0.15, 0.2) is 23.1 Å². The number of carbonyl (C=O) groups is 5. The minimum atomic E-state index is -2.24. The molecule has 2 heterocycles. The second-order valence-corrected chi connectivity index (χ2v) is 12.1. The summed E-state index contributed by atoms with van der Waals surface area (Å²) in [5.41, 5.74) is -3.46. The number of carbonyl (C=O) groups excluding carboxylic acids is 5. The van der Waals surface area contributed by atoms with E-state index in [4.69, 9.17) is 21.1 Å². The van der Waals surface area contributed by atoms with Crippen LogP contribution in [0, 0.1) is 0 Å². The molecule has 246 valence electrons. The summed E-state index contributed by atoms with van der Waals surface area (Å²) in [6.45, 7) is 2.33. The minimum Gasteiger partial charge on any atom is -0.507 e. The topological polar surface area (TPSA) is 225 Å². The maximum atomic E-state index is 14.2. The van der Waals surface area contributed by atoms with Crippen LogP contribution >= 0.6 is 11.6 Å². The number of amides is 1. The fourth-order valence-corrected chi connectivity index (χ4v) is 7.38. The standard InChI is InChI=1S/C32H25ClN4O11/c1-47-16-9-15(38)19-20(25(16)40)27(42)22-21(26(19)41)29(44)32(30(22)45)3-2-13-23(32)28(43)18-14(24(13)33)8-12(35-31(18)46)10-34-36-17(39)11-37-4-6-48-7-5-37/h8-10,41-43H,2-7,11H2,1H3,(H,35,46)(H,36,39)/b34-10+/t32-/m0/s1. The molecule has 16 heteroatoms. The van der Waals surface area contributed by atoms with E-state index in [9.17, 15) is 44.1 Å². The molecule has 5 N–H and O–H groups in total. The molecule has 1 atom stereocenters.